The van der Waals surface area contributed by atoms with Gasteiger partial charge < -0.3 is 5.11 Å². The molecule has 0 saturated carbocycles. The molecule has 0 aliphatic heterocycles. The lowest BCUT2D eigenvalue weighted by Crippen LogP contribution is -1.94. The van der Waals surface area contributed by atoms with E-state index >= 15 is 0 Å². The van der Waals surface area contributed by atoms with Crippen molar-refractivity contribution in [1.29, 1.82) is 0 Å². The van der Waals surface area contributed by atoms with E-state index in [9.17, 15) is 4.79 Å². The molecule has 4 nitrogen and oxygen atoms in total. The summed E-state index contributed by atoms with van der Waals surface area (Å²) in [5.41, 5.74) is 2.33. The van der Waals surface area contributed by atoms with Crippen LogP contribution in [0.5, 0.6) is 0 Å². The largest absolute Gasteiger partial charge is 0.477 e. The highest BCUT2D eigenvalue weighted by Gasteiger charge is 2.14. The van der Waals surface area contributed by atoms with Crippen molar-refractivity contribution in [1.82, 2.24) is 9.97 Å². The van der Waals surface area contributed by atoms with E-state index in [1.807, 2.05) is 19.1 Å². The first-order valence-electron chi connectivity index (χ1n) is 4.71. The second-order valence-corrected chi connectivity index (χ2v) is 4.43. The third kappa shape index (κ3) is 1.94. The molecule has 0 spiro atoms. The minimum absolute atomic E-state index is 0.288. The number of hydrogen-bond donors (Lipinski definition) is 1. The number of carbonyl (C=O) groups is 1. The Labute approximate surface area is 96.6 Å². The van der Waals surface area contributed by atoms with E-state index in [1.165, 1.54) is 11.3 Å². The van der Waals surface area contributed by atoms with Crippen LogP contribution in [0, 0.1) is 13.8 Å². The van der Waals surface area contributed by atoms with Crippen molar-refractivity contribution in [3.63, 3.8) is 0 Å². The summed E-state index contributed by atoms with van der Waals surface area (Å²) < 4.78 is 0. The molecule has 0 fully saturated rings. The Morgan fingerprint density at radius 1 is 1.38 bits per heavy atom. The van der Waals surface area contributed by atoms with Crippen LogP contribution >= 0.6 is 11.3 Å². The van der Waals surface area contributed by atoms with Crippen molar-refractivity contribution in [2.75, 3.05) is 0 Å². The van der Waals surface area contributed by atoms with Crippen LogP contribution in [0.25, 0.3) is 10.6 Å². The zero-order chi connectivity index (χ0) is 11.7. The lowest BCUT2D eigenvalue weighted by Gasteiger charge is -1.95. The van der Waals surface area contributed by atoms with Gasteiger partial charge in [0.1, 0.15) is 9.88 Å². The molecule has 1 N–H and O–H groups in total. The maximum atomic E-state index is 10.9. The van der Waals surface area contributed by atoms with Crippen LogP contribution in [0.15, 0.2) is 18.3 Å². The third-order valence-electron chi connectivity index (χ3n) is 2.15. The van der Waals surface area contributed by atoms with Crippen molar-refractivity contribution in [2.45, 2.75) is 13.8 Å². The van der Waals surface area contributed by atoms with Crippen LogP contribution in [0.4, 0.5) is 0 Å². The molecular weight excluding hydrogens is 224 g/mol. The highest BCUT2D eigenvalue weighted by molar-refractivity contribution is 7.17. The van der Waals surface area contributed by atoms with E-state index in [0.717, 1.165) is 11.3 Å². The van der Waals surface area contributed by atoms with Crippen molar-refractivity contribution in [3.05, 3.63) is 34.6 Å². The summed E-state index contributed by atoms with van der Waals surface area (Å²) >= 11 is 1.18. The van der Waals surface area contributed by atoms with E-state index in [1.54, 1.807) is 13.1 Å². The van der Waals surface area contributed by atoms with Crippen molar-refractivity contribution in [3.8, 4) is 10.6 Å². The van der Waals surface area contributed by atoms with Gasteiger partial charge in [-0.1, -0.05) is 0 Å². The quantitative estimate of drug-likeness (QED) is 0.867. The summed E-state index contributed by atoms with van der Waals surface area (Å²) in [7, 11) is 0. The predicted molar refractivity (Wildman–Crippen MR) is 61.8 cm³/mol. The maximum Gasteiger partial charge on any atom is 0.347 e. The molecule has 0 atom stereocenters. The number of rotatable bonds is 2. The van der Waals surface area contributed by atoms with Gasteiger partial charge in [-0.25, -0.2) is 9.78 Å². The third-order valence-corrected chi connectivity index (χ3v) is 3.34. The molecule has 0 unspecified atom stereocenters. The van der Waals surface area contributed by atoms with Crippen molar-refractivity contribution >= 4 is 17.3 Å². The summed E-state index contributed by atoms with van der Waals surface area (Å²) in [4.78, 5) is 19.6. The summed E-state index contributed by atoms with van der Waals surface area (Å²) in [5.74, 6) is -0.929. The fourth-order valence-electron chi connectivity index (χ4n) is 1.31. The molecule has 16 heavy (non-hydrogen) atoms. The van der Waals surface area contributed by atoms with Crippen LogP contribution in [0.1, 0.15) is 21.1 Å². The number of thiazole rings is 1. The molecule has 0 saturated heterocycles. The molecule has 0 amide bonds. The van der Waals surface area contributed by atoms with Gasteiger partial charge >= 0.3 is 5.97 Å². The highest BCUT2D eigenvalue weighted by atomic mass is 32.1. The Kier molecular flexibility index (Phi) is 2.70. The molecule has 0 aromatic carbocycles. The second kappa shape index (κ2) is 4.02. The average Bonchev–Trinajstić information content (AvgIpc) is 2.61. The first kappa shape index (κ1) is 10.8. The smallest absolute Gasteiger partial charge is 0.347 e. The average molecular weight is 234 g/mol. The van der Waals surface area contributed by atoms with E-state index < -0.39 is 5.97 Å². The predicted octanol–water partition coefficient (Wildman–Crippen LogP) is 2.52. The molecule has 0 bridgehead atoms. The highest BCUT2D eigenvalue weighted by Crippen LogP contribution is 2.27. The zero-order valence-corrected chi connectivity index (χ0v) is 9.71. The van der Waals surface area contributed by atoms with Gasteiger partial charge in [-0.05, 0) is 26.0 Å². The van der Waals surface area contributed by atoms with Gasteiger partial charge in [0.05, 0.1) is 5.69 Å². The van der Waals surface area contributed by atoms with Crippen molar-refractivity contribution < 1.29 is 9.90 Å². The number of aryl methyl sites for hydroxylation is 2. The van der Waals surface area contributed by atoms with Crippen LogP contribution in [-0.4, -0.2) is 21.0 Å². The second-order valence-electron chi connectivity index (χ2n) is 3.43. The van der Waals surface area contributed by atoms with Gasteiger partial charge in [0.25, 0.3) is 0 Å². The Bertz CT molecular complexity index is 531. The van der Waals surface area contributed by atoms with Crippen LogP contribution in [-0.2, 0) is 0 Å². The van der Waals surface area contributed by atoms with Crippen molar-refractivity contribution in [2.24, 2.45) is 0 Å². The lowest BCUT2D eigenvalue weighted by molar-refractivity contribution is 0.0701. The van der Waals surface area contributed by atoms with Gasteiger partial charge in [-0.3, -0.25) is 4.98 Å². The number of aromatic nitrogens is 2. The normalized spacial score (nSPS) is 10.4. The molecule has 5 heteroatoms. The summed E-state index contributed by atoms with van der Waals surface area (Å²) in [5, 5.41) is 9.62. The van der Waals surface area contributed by atoms with Gasteiger partial charge in [0.15, 0.2) is 0 Å². The number of pyridine rings is 1. The molecule has 82 valence electrons. The van der Waals surface area contributed by atoms with E-state index in [4.69, 9.17) is 5.11 Å². The number of aromatic carboxylic acids is 1. The molecule has 2 heterocycles. The van der Waals surface area contributed by atoms with E-state index in [-0.39, 0.29) is 4.88 Å². The topological polar surface area (TPSA) is 63.1 Å². The van der Waals surface area contributed by atoms with Crippen LogP contribution in [0.3, 0.4) is 0 Å². The Morgan fingerprint density at radius 2 is 2.12 bits per heavy atom. The molecular formula is C11H10N2O2S. The maximum absolute atomic E-state index is 10.9. The Morgan fingerprint density at radius 3 is 2.62 bits per heavy atom. The summed E-state index contributed by atoms with van der Waals surface area (Å²) in [6, 6.07) is 3.78. The van der Waals surface area contributed by atoms with Gasteiger partial charge in [0.2, 0.25) is 0 Å². The van der Waals surface area contributed by atoms with E-state index in [2.05, 4.69) is 9.97 Å². The van der Waals surface area contributed by atoms with Crippen LogP contribution < -0.4 is 0 Å². The number of hydrogen-bond acceptors (Lipinski definition) is 4. The number of carboxylic acids is 1. The molecule has 0 aliphatic carbocycles. The molecule has 0 radical (unpaired) electrons. The zero-order valence-electron chi connectivity index (χ0n) is 8.89. The minimum Gasteiger partial charge on any atom is -0.477 e. The van der Waals surface area contributed by atoms with Gasteiger partial charge in [-0.15, -0.1) is 11.3 Å². The number of nitrogens with zero attached hydrogens (tertiary/aromatic N) is 2. The SMILES string of the molecule is Cc1ccc(-c2nc(C)c(C(=O)O)s2)cn1. The van der Waals surface area contributed by atoms with E-state index in [0.29, 0.717) is 10.7 Å². The molecule has 2 aromatic heterocycles. The molecule has 0 aliphatic rings. The molecule has 2 aromatic rings. The Balaban J connectivity index is 2.45. The minimum atomic E-state index is -0.929. The molecule has 2 rings (SSSR count). The monoisotopic (exact) mass is 234 g/mol. The standard InChI is InChI=1S/C11H10N2O2S/c1-6-3-4-8(5-12-6)10-13-7(2)9(16-10)11(14)15/h3-5H,1-2H3,(H,14,15). The fraction of sp³-hybridized carbons (Fsp3) is 0.182. The fourth-order valence-corrected chi connectivity index (χ4v) is 2.21. The van der Waals surface area contributed by atoms with Gasteiger partial charge in [-0.2, -0.15) is 0 Å². The summed E-state index contributed by atoms with van der Waals surface area (Å²) in [6.45, 7) is 3.60. The van der Waals surface area contributed by atoms with Gasteiger partial charge in [0, 0.05) is 17.5 Å². The summed E-state index contributed by atoms with van der Waals surface area (Å²) in [6.07, 6.45) is 1.71. The Hall–Kier alpha value is -1.75. The first-order valence-corrected chi connectivity index (χ1v) is 5.53. The van der Waals surface area contributed by atoms with Crippen LogP contribution in [0.2, 0.25) is 0 Å². The first-order chi connectivity index (χ1) is 7.58. The number of carboxylic acid groups (broad SMARTS) is 1. The lowest BCUT2D eigenvalue weighted by atomic mass is 10.2.